The molecular formula is C9H14O. The SMILES string of the molecule is CCCC1CC2C=CC1O2. The van der Waals surface area contributed by atoms with Crippen molar-refractivity contribution in [2.45, 2.75) is 38.4 Å². The van der Waals surface area contributed by atoms with Crippen molar-refractivity contribution < 1.29 is 4.74 Å². The lowest BCUT2D eigenvalue weighted by Crippen LogP contribution is -2.11. The van der Waals surface area contributed by atoms with Crippen LogP contribution in [0.25, 0.3) is 0 Å². The van der Waals surface area contributed by atoms with Crippen LogP contribution in [0, 0.1) is 5.92 Å². The normalized spacial score (nSPS) is 43.1. The first-order valence-corrected chi connectivity index (χ1v) is 4.24. The predicted molar refractivity (Wildman–Crippen MR) is 40.8 cm³/mol. The minimum Gasteiger partial charge on any atom is -0.367 e. The van der Waals surface area contributed by atoms with Gasteiger partial charge < -0.3 is 4.74 Å². The van der Waals surface area contributed by atoms with Crippen LogP contribution in [0.15, 0.2) is 12.2 Å². The minimum absolute atomic E-state index is 0.474. The van der Waals surface area contributed by atoms with Crippen LogP contribution in [0.3, 0.4) is 0 Å². The summed E-state index contributed by atoms with van der Waals surface area (Å²) in [5.41, 5.74) is 0. The van der Waals surface area contributed by atoms with Gasteiger partial charge in [0.15, 0.2) is 0 Å². The smallest absolute Gasteiger partial charge is 0.0794 e. The first-order chi connectivity index (χ1) is 4.90. The van der Waals surface area contributed by atoms with Crippen molar-refractivity contribution in [2.24, 2.45) is 5.92 Å². The van der Waals surface area contributed by atoms with Crippen LogP contribution in [-0.4, -0.2) is 12.2 Å². The molecule has 2 heterocycles. The zero-order valence-corrected chi connectivity index (χ0v) is 6.42. The average molecular weight is 138 g/mol. The van der Waals surface area contributed by atoms with Gasteiger partial charge in [-0.1, -0.05) is 25.5 Å². The van der Waals surface area contributed by atoms with E-state index in [1.54, 1.807) is 0 Å². The van der Waals surface area contributed by atoms with Crippen LogP contribution in [0.1, 0.15) is 26.2 Å². The molecule has 2 aliphatic heterocycles. The molecule has 0 aromatic carbocycles. The zero-order chi connectivity index (χ0) is 6.97. The Morgan fingerprint density at radius 3 is 2.90 bits per heavy atom. The predicted octanol–water partition coefficient (Wildman–Crippen LogP) is 2.13. The third-order valence-electron chi connectivity index (χ3n) is 2.51. The Labute approximate surface area is 62.1 Å². The third kappa shape index (κ3) is 0.891. The fourth-order valence-corrected chi connectivity index (χ4v) is 2.01. The summed E-state index contributed by atoms with van der Waals surface area (Å²) in [4.78, 5) is 0. The molecule has 0 N–H and O–H groups in total. The van der Waals surface area contributed by atoms with Crippen LogP contribution in [0.2, 0.25) is 0 Å². The number of ether oxygens (including phenoxy) is 1. The molecule has 0 aromatic rings. The van der Waals surface area contributed by atoms with E-state index in [0.29, 0.717) is 12.2 Å². The second-order valence-corrected chi connectivity index (χ2v) is 3.31. The van der Waals surface area contributed by atoms with E-state index in [1.807, 2.05) is 0 Å². The highest BCUT2D eigenvalue weighted by Gasteiger charge is 2.35. The van der Waals surface area contributed by atoms with E-state index in [0.717, 1.165) is 5.92 Å². The molecule has 0 radical (unpaired) electrons. The summed E-state index contributed by atoms with van der Waals surface area (Å²) < 4.78 is 5.63. The molecule has 2 bridgehead atoms. The summed E-state index contributed by atoms with van der Waals surface area (Å²) in [6, 6.07) is 0. The van der Waals surface area contributed by atoms with Gasteiger partial charge in [0.1, 0.15) is 0 Å². The standard InChI is InChI=1S/C9H14O/c1-2-3-7-6-8-4-5-9(7)10-8/h4-5,7-9H,2-3,6H2,1H3. The maximum absolute atomic E-state index is 5.63. The van der Waals surface area contributed by atoms with Crippen LogP contribution in [-0.2, 0) is 4.74 Å². The highest BCUT2D eigenvalue weighted by Crippen LogP contribution is 2.35. The van der Waals surface area contributed by atoms with Crippen LogP contribution in [0.5, 0.6) is 0 Å². The molecule has 2 rings (SSSR count). The molecule has 10 heavy (non-hydrogen) atoms. The van der Waals surface area contributed by atoms with Crippen molar-refractivity contribution >= 4 is 0 Å². The lowest BCUT2D eigenvalue weighted by Gasteiger charge is -2.12. The Morgan fingerprint density at radius 1 is 1.50 bits per heavy atom. The van der Waals surface area contributed by atoms with Gasteiger partial charge in [0.05, 0.1) is 12.2 Å². The molecule has 3 atom stereocenters. The molecule has 1 heteroatoms. The Balaban J connectivity index is 1.96. The number of hydrogen-bond acceptors (Lipinski definition) is 1. The summed E-state index contributed by atoms with van der Waals surface area (Å²) in [6.45, 7) is 2.25. The fraction of sp³-hybridized carbons (Fsp3) is 0.778. The van der Waals surface area contributed by atoms with Gasteiger partial charge in [0.2, 0.25) is 0 Å². The molecule has 0 aliphatic carbocycles. The number of hydrogen-bond donors (Lipinski definition) is 0. The molecule has 0 spiro atoms. The molecule has 1 saturated heterocycles. The Hall–Kier alpha value is -0.300. The molecule has 2 aliphatic rings. The summed E-state index contributed by atoms with van der Waals surface area (Å²) in [6.07, 6.45) is 9.29. The Morgan fingerprint density at radius 2 is 2.40 bits per heavy atom. The minimum atomic E-state index is 0.474. The van der Waals surface area contributed by atoms with Crippen molar-refractivity contribution in [2.75, 3.05) is 0 Å². The summed E-state index contributed by atoms with van der Waals surface area (Å²) in [7, 11) is 0. The van der Waals surface area contributed by atoms with Crippen LogP contribution >= 0.6 is 0 Å². The second kappa shape index (κ2) is 2.39. The molecule has 1 nitrogen and oxygen atoms in total. The number of fused-ring (bicyclic) bond motifs is 2. The largest absolute Gasteiger partial charge is 0.367 e. The maximum atomic E-state index is 5.63. The average Bonchev–Trinajstić information content (AvgIpc) is 2.48. The summed E-state index contributed by atoms with van der Waals surface area (Å²) >= 11 is 0. The highest BCUT2D eigenvalue weighted by molar-refractivity contribution is 5.10. The first-order valence-electron chi connectivity index (χ1n) is 4.24. The summed E-state index contributed by atoms with van der Waals surface area (Å²) in [5, 5.41) is 0. The van der Waals surface area contributed by atoms with Gasteiger partial charge >= 0.3 is 0 Å². The van der Waals surface area contributed by atoms with Crippen molar-refractivity contribution in [3.05, 3.63) is 12.2 Å². The molecule has 3 unspecified atom stereocenters. The van der Waals surface area contributed by atoms with Crippen molar-refractivity contribution in [1.29, 1.82) is 0 Å². The van der Waals surface area contributed by atoms with E-state index in [-0.39, 0.29) is 0 Å². The molecular weight excluding hydrogens is 124 g/mol. The van der Waals surface area contributed by atoms with Gasteiger partial charge in [-0.05, 0) is 18.8 Å². The number of rotatable bonds is 2. The zero-order valence-electron chi connectivity index (χ0n) is 6.42. The molecule has 56 valence electrons. The Kier molecular flexibility index (Phi) is 1.53. The topological polar surface area (TPSA) is 9.23 Å². The third-order valence-corrected chi connectivity index (χ3v) is 2.51. The van der Waals surface area contributed by atoms with Crippen LogP contribution in [0.4, 0.5) is 0 Å². The van der Waals surface area contributed by atoms with E-state index in [1.165, 1.54) is 19.3 Å². The first kappa shape index (κ1) is 6.41. The maximum Gasteiger partial charge on any atom is 0.0794 e. The monoisotopic (exact) mass is 138 g/mol. The van der Waals surface area contributed by atoms with Crippen LogP contribution < -0.4 is 0 Å². The van der Waals surface area contributed by atoms with Gasteiger partial charge in [-0.2, -0.15) is 0 Å². The van der Waals surface area contributed by atoms with E-state index >= 15 is 0 Å². The lowest BCUT2D eigenvalue weighted by molar-refractivity contribution is 0.107. The lowest BCUT2D eigenvalue weighted by atomic mass is 9.91. The second-order valence-electron chi connectivity index (χ2n) is 3.31. The molecule has 0 aromatic heterocycles. The van der Waals surface area contributed by atoms with Crippen molar-refractivity contribution in [3.63, 3.8) is 0 Å². The highest BCUT2D eigenvalue weighted by atomic mass is 16.5. The van der Waals surface area contributed by atoms with Gasteiger partial charge in [0.25, 0.3) is 0 Å². The van der Waals surface area contributed by atoms with Gasteiger partial charge in [-0.3, -0.25) is 0 Å². The van der Waals surface area contributed by atoms with E-state index in [4.69, 9.17) is 4.74 Å². The van der Waals surface area contributed by atoms with Crippen molar-refractivity contribution in [1.82, 2.24) is 0 Å². The Bertz CT molecular complexity index is 151. The van der Waals surface area contributed by atoms with Gasteiger partial charge in [-0.25, -0.2) is 0 Å². The molecule has 1 fully saturated rings. The molecule has 0 amide bonds. The summed E-state index contributed by atoms with van der Waals surface area (Å²) in [5.74, 6) is 0.833. The molecule has 0 saturated carbocycles. The van der Waals surface area contributed by atoms with E-state index in [9.17, 15) is 0 Å². The van der Waals surface area contributed by atoms with Crippen molar-refractivity contribution in [3.8, 4) is 0 Å². The van der Waals surface area contributed by atoms with Gasteiger partial charge in [0, 0.05) is 0 Å². The van der Waals surface area contributed by atoms with Gasteiger partial charge in [-0.15, -0.1) is 0 Å². The van der Waals surface area contributed by atoms with E-state index in [2.05, 4.69) is 19.1 Å². The van der Waals surface area contributed by atoms with E-state index < -0.39 is 0 Å². The quantitative estimate of drug-likeness (QED) is 0.531. The fourth-order valence-electron chi connectivity index (χ4n) is 2.01.